The Balaban J connectivity index is 1.89. The van der Waals surface area contributed by atoms with Gasteiger partial charge in [-0.1, -0.05) is 12.8 Å². The second kappa shape index (κ2) is 5.39. The second-order valence-electron chi connectivity index (χ2n) is 5.11. The fourth-order valence-corrected chi connectivity index (χ4v) is 2.75. The molecule has 1 aliphatic rings. The van der Waals surface area contributed by atoms with E-state index in [4.69, 9.17) is 4.98 Å². The van der Waals surface area contributed by atoms with Crippen molar-refractivity contribution in [1.29, 1.82) is 0 Å². The molecule has 1 aromatic heterocycles. The summed E-state index contributed by atoms with van der Waals surface area (Å²) >= 11 is 0. The van der Waals surface area contributed by atoms with E-state index in [2.05, 4.69) is 40.6 Å². The fourth-order valence-electron chi connectivity index (χ4n) is 2.75. The lowest BCUT2D eigenvalue weighted by molar-refractivity contribution is 0.695. The maximum atomic E-state index is 4.75. The van der Waals surface area contributed by atoms with Gasteiger partial charge in [-0.25, -0.2) is 9.97 Å². The Hall–Kier alpha value is -1.90. The summed E-state index contributed by atoms with van der Waals surface area (Å²) in [5, 5.41) is 3.12. The highest BCUT2D eigenvalue weighted by Crippen LogP contribution is 2.33. The van der Waals surface area contributed by atoms with Crippen LogP contribution in [0.15, 0.2) is 36.5 Å². The van der Waals surface area contributed by atoms with Crippen molar-refractivity contribution in [2.24, 2.45) is 0 Å². The van der Waals surface area contributed by atoms with Crippen LogP contribution < -0.4 is 5.32 Å². The molecule has 0 spiro atoms. The number of anilines is 1. The normalized spacial score (nSPS) is 15.6. The minimum Gasteiger partial charge on any atom is -0.388 e. The molecule has 1 heterocycles. The molecule has 0 radical (unpaired) electrons. The van der Waals surface area contributed by atoms with E-state index in [9.17, 15) is 0 Å². The molecule has 2 aromatic rings. The van der Waals surface area contributed by atoms with Gasteiger partial charge >= 0.3 is 0 Å². The van der Waals surface area contributed by atoms with Gasteiger partial charge in [0.15, 0.2) is 5.82 Å². The molecule has 1 aliphatic carbocycles. The van der Waals surface area contributed by atoms with Gasteiger partial charge in [0.05, 0.1) is 0 Å². The highest BCUT2D eigenvalue weighted by molar-refractivity contribution is 5.59. The van der Waals surface area contributed by atoms with Crippen LogP contribution in [-0.4, -0.2) is 17.0 Å². The molecule has 0 amide bonds. The van der Waals surface area contributed by atoms with Gasteiger partial charge in [0.1, 0.15) is 0 Å². The number of hydrogen-bond acceptors (Lipinski definition) is 3. The molecule has 3 heteroatoms. The third-order valence-corrected chi connectivity index (χ3v) is 3.88. The van der Waals surface area contributed by atoms with Crippen LogP contribution in [0, 0.1) is 0 Å². The quantitative estimate of drug-likeness (QED) is 0.903. The van der Waals surface area contributed by atoms with Gasteiger partial charge in [0.2, 0.25) is 0 Å². The molecule has 1 fully saturated rings. The highest BCUT2D eigenvalue weighted by Gasteiger charge is 2.18. The number of hydrogen-bond donors (Lipinski definition) is 1. The lowest BCUT2D eigenvalue weighted by atomic mass is 10.0. The molecule has 3 rings (SSSR count). The van der Waals surface area contributed by atoms with E-state index in [1.807, 2.05) is 13.2 Å². The van der Waals surface area contributed by atoms with Gasteiger partial charge in [-0.2, -0.15) is 0 Å². The molecule has 0 bridgehead atoms. The van der Waals surface area contributed by atoms with Gasteiger partial charge in [0.25, 0.3) is 0 Å². The summed E-state index contributed by atoms with van der Waals surface area (Å²) in [5.74, 6) is 1.48. The van der Waals surface area contributed by atoms with Crippen molar-refractivity contribution in [2.45, 2.75) is 31.6 Å². The van der Waals surface area contributed by atoms with Gasteiger partial charge < -0.3 is 5.32 Å². The van der Waals surface area contributed by atoms with Gasteiger partial charge in [0, 0.05) is 36.1 Å². The molecule has 0 unspecified atom stereocenters. The summed E-state index contributed by atoms with van der Waals surface area (Å²) in [6.45, 7) is 0. The predicted octanol–water partition coefficient (Wildman–Crippen LogP) is 3.84. The maximum Gasteiger partial charge on any atom is 0.159 e. The lowest BCUT2D eigenvalue weighted by Crippen LogP contribution is -1.99. The largest absolute Gasteiger partial charge is 0.388 e. The van der Waals surface area contributed by atoms with Crippen molar-refractivity contribution in [3.05, 3.63) is 42.2 Å². The Bertz CT molecular complexity index is 542. The molecule has 1 aromatic carbocycles. The van der Waals surface area contributed by atoms with Crippen LogP contribution in [0.5, 0.6) is 0 Å². The van der Waals surface area contributed by atoms with E-state index < -0.39 is 0 Å². The van der Waals surface area contributed by atoms with Crippen LogP contribution in [-0.2, 0) is 0 Å². The Morgan fingerprint density at radius 1 is 1.05 bits per heavy atom. The lowest BCUT2D eigenvalue weighted by Gasteiger charge is -2.09. The summed E-state index contributed by atoms with van der Waals surface area (Å²) in [4.78, 5) is 9.15. The van der Waals surface area contributed by atoms with Crippen molar-refractivity contribution in [2.75, 3.05) is 12.4 Å². The Kier molecular flexibility index (Phi) is 3.45. The molecule has 0 aliphatic heterocycles. The molecule has 1 saturated carbocycles. The zero-order valence-electron chi connectivity index (χ0n) is 11.3. The molecule has 3 nitrogen and oxygen atoms in total. The van der Waals surface area contributed by atoms with E-state index in [-0.39, 0.29) is 0 Å². The molecule has 1 N–H and O–H groups in total. The minimum absolute atomic E-state index is 0.637. The third kappa shape index (κ3) is 2.60. The number of aromatic nitrogens is 2. The van der Waals surface area contributed by atoms with E-state index >= 15 is 0 Å². The summed E-state index contributed by atoms with van der Waals surface area (Å²) < 4.78 is 0. The Morgan fingerprint density at radius 3 is 2.47 bits per heavy atom. The topological polar surface area (TPSA) is 37.8 Å². The average Bonchev–Trinajstić information content (AvgIpc) is 3.02. The van der Waals surface area contributed by atoms with Crippen LogP contribution in [0.3, 0.4) is 0 Å². The van der Waals surface area contributed by atoms with Crippen LogP contribution in [0.1, 0.15) is 37.3 Å². The first kappa shape index (κ1) is 12.2. The first-order valence-electron chi connectivity index (χ1n) is 6.98. The number of nitrogens with one attached hydrogen (secondary N) is 1. The van der Waals surface area contributed by atoms with E-state index in [0.29, 0.717) is 5.92 Å². The zero-order valence-corrected chi connectivity index (χ0v) is 11.3. The van der Waals surface area contributed by atoms with Gasteiger partial charge in [-0.3, -0.25) is 0 Å². The van der Waals surface area contributed by atoms with E-state index in [1.165, 1.54) is 31.4 Å². The van der Waals surface area contributed by atoms with Crippen LogP contribution >= 0.6 is 0 Å². The minimum atomic E-state index is 0.637. The van der Waals surface area contributed by atoms with Crippen molar-refractivity contribution >= 4 is 5.69 Å². The summed E-state index contributed by atoms with van der Waals surface area (Å²) in [5.41, 5.74) is 3.40. The number of rotatable bonds is 3. The van der Waals surface area contributed by atoms with Crippen molar-refractivity contribution in [3.63, 3.8) is 0 Å². The number of nitrogens with zero attached hydrogens (tertiary/aromatic N) is 2. The van der Waals surface area contributed by atoms with E-state index in [0.717, 1.165) is 17.1 Å². The van der Waals surface area contributed by atoms with Gasteiger partial charge in [-0.05, 0) is 43.2 Å². The smallest absolute Gasteiger partial charge is 0.159 e. The standard InChI is InChI=1S/C16H19N3/c1-17-14-8-6-13(7-9-14)16-18-11-10-15(19-16)12-4-2-3-5-12/h6-12,17H,2-5H2,1H3. The van der Waals surface area contributed by atoms with Crippen molar-refractivity contribution < 1.29 is 0 Å². The Labute approximate surface area is 114 Å². The molecule has 0 atom stereocenters. The van der Waals surface area contributed by atoms with Gasteiger partial charge in [-0.15, -0.1) is 0 Å². The fraction of sp³-hybridized carbons (Fsp3) is 0.375. The Morgan fingerprint density at radius 2 is 1.79 bits per heavy atom. The van der Waals surface area contributed by atoms with Crippen molar-refractivity contribution in [1.82, 2.24) is 9.97 Å². The maximum absolute atomic E-state index is 4.75. The van der Waals surface area contributed by atoms with Crippen LogP contribution in [0.25, 0.3) is 11.4 Å². The summed E-state index contributed by atoms with van der Waals surface area (Å²) in [6.07, 6.45) is 7.11. The summed E-state index contributed by atoms with van der Waals surface area (Å²) in [6, 6.07) is 10.3. The molecule has 98 valence electrons. The summed E-state index contributed by atoms with van der Waals surface area (Å²) in [7, 11) is 1.92. The van der Waals surface area contributed by atoms with Crippen LogP contribution in [0.2, 0.25) is 0 Å². The molecule has 0 saturated heterocycles. The average molecular weight is 253 g/mol. The molecular weight excluding hydrogens is 234 g/mol. The number of benzene rings is 1. The highest BCUT2D eigenvalue weighted by atomic mass is 14.9. The van der Waals surface area contributed by atoms with E-state index in [1.54, 1.807) is 0 Å². The molecular formula is C16H19N3. The van der Waals surface area contributed by atoms with Crippen molar-refractivity contribution in [3.8, 4) is 11.4 Å². The monoisotopic (exact) mass is 253 g/mol. The zero-order chi connectivity index (χ0) is 13.1. The molecule has 19 heavy (non-hydrogen) atoms. The second-order valence-corrected chi connectivity index (χ2v) is 5.11. The third-order valence-electron chi connectivity index (χ3n) is 3.88. The first-order valence-corrected chi connectivity index (χ1v) is 6.98. The first-order chi connectivity index (χ1) is 9.36. The van der Waals surface area contributed by atoms with Crippen LogP contribution in [0.4, 0.5) is 5.69 Å². The predicted molar refractivity (Wildman–Crippen MR) is 78.2 cm³/mol. The SMILES string of the molecule is CNc1ccc(-c2nccc(C3CCCC3)n2)cc1.